The first-order valence-corrected chi connectivity index (χ1v) is 3.35. The average molecular weight is 128 g/mol. The van der Waals surface area contributed by atoms with Crippen molar-refractivity contribution in [1.29, 1.82) is 0 Å². The molecule has 0 aromatic heterocycles. The fourth-order valence-electron chi connectivity index (χ4n) is 0.331. The number of nitrogens with one attached hydrogen (secondary N) is 1. The van der Waals surface area contributed by atoms with Crippen LogP contribution in [0, 0.1) is 0 Å². The first-order valence-electron chi connectivity index (χ1n) is 3.35. The molecule has 0 bridgehead atoms. The maximum atomic E-state index is 3.99. The molecule has 54 valence electrons. The standard InChI is InChI=1S/C7H16N2/c1-5-6-8-9-7(2,3)4/h6,9H,5H2,1-4H3/b8-6-. The minimum absolute atomic E-state index is 0.103. The zero-order valence-electron chi connectivity index (χ0n) is 6.73. The third-order valence-corrected chi connectivity index (χ3v) is 0.674. The Hall–Kier alpha value is -0.530. The molecular formula is C7H16N2. The highest BCUT2D eigenvalue weighted by atomic mass is 15.3. The molecule has 0 aromatic carbocycles. The van der Waals surface area contributed by atoms with E-state index in [1.165, 1.54) is 0 Å². The van der Waals surface area contributed by atoms with Crippen LogP contribution in [0.3, 0.4) is 0 Å². The van der Waals surface area contributed by atoms with E-state index in [1.807, 2.05) is 6.21 Å². The molecule has 2 nitrogen and oxygen atoms in total. The molecule has 1 N–H and O–H groups in total. The molecule has 0 fully saturated rings. The van der Waals surface area contributed by atoms with Crippen LogP contribution >= 0.6 is 0 Å². The van der Waals surface area contributed by atoms with Crippen LogP contribution in [0.25, 0.3) is 0 Å². The zero-order valence-corrected chi connectivity index (χ0v) is 6.73. The van der Waals surface area contributed by atoms with Crippen LogP contribution in [0.4, 0.5) is 0 Å². The molecule has 0 aliphatic heterocycles. The molecule has 0 aromatic rings. The monoisotopic (exact) mass is 128 g/mol. The van der Waals surface area contributed by atoms with Gasteiger partial charge in [0.1, 0.15) is 0 Å². The summed E-state index contributed by atoms with van der Waals surface area (Å²) in [5, 5.41) is 3.99. The fraction of sp³-hybridized carbons (Fsp3) is 0.857. The third-order valence-electron chi connectivity index (χ3n) is 0.674. The van der Waals surface area contributed by atoms with E-state index < -0.39 is 0 Å². The maximum absolute atomic E-state index is 3.99. The molecule has 0 spiro atoms. The smallest absolute Gasteiger partial charge is 0.0464 e. The fourth-order valence-corrected chi connectivity index (χ4v) is 0.331. The van der Waals surface area contributed by atoms with Gasteiger partial charge in [0, 0.05) is 11.8 Å². The summed E-state index contributed by atoms with van der Waals surface area (Å²) in [6.07, 6.45) is 2.86. The number of rotatable bonds is 2. The Bertz CT molecular complexity index is 89.6. The van der Waals surface area contributed by atoms with Gasteiger partial charge in [0.15, 0.2) is 0 Å². The van der Waals surface area contributed by atoms with Gasteiger partial charge >= 0.3 is 0 Å². The molecule has 0 aliphatic carbocycles. The van der Waals surface area contributed by atoms with E-state index in [1.54, 1.807) is 0 Å². The van der Waals surface area contributed by atoms with E-state index in [4.69, 9.17) is 0 Å². The van der Waals surface area contributed by atoms with Gasteiger partial charge in [-0.15, -0.1) is 0 Å². The van der Waals surface area contributed by atoms with Crippen molar-refractivity contribution in [2.45, 2.75) is 39.7 Å². The van der Waals surface area contributed by atoms with Crippen molar-refractivity contribution < 1.29 is 0 Å². The van der Waals surface area contributed by atoms with Gasteiger partial charge in [-0.1, -0.05) is 6.92 Å². The zero-order chi connectivity index (χ0) is 7.33. The molecule has 9 heavy (non-hydrogen) atoms. The second-order valence-corrected chi connectivity index (χ2v) is 3.08. The van der Waals surface area contributed by atoms with E-state index in [0.717, 1.165) is 6.42 Å². The average Bonchev–Trinajstić information content (AvgIpc) is 1.63. The summed E-state index contributed by atoms with van der Waals surface area (Å²) < 4.78 is 0. The Morgan fingerprint density at radius 1 is 1.44 bits per heavy atom. The maximum Gasteiger partial charge on any atom is 0.0464 e. The van der Waals surface area contributed by atoms with Crippen LogP contribution < -0.4 is 5.43 Å². The minimum Gasteiger partial charge on any atom is -0.305 e. The van der Waals surface area contributed by atoms with Gasteiger partial charge < -0.3 is 5.43 Å². The Morgan fingerprint density at radius 2 is 2.00 bits per heavy atom. The highest BCUT2D eigenvalue weighted by Crippen LogP contribution is 1.96. The Kier molecular flexibility index (Phi) is 3.28. The van der Waals surface area contributed by atoms with Crippen LogP contribution in [0.2, 0.25) is 0 Å². The van der Waals surface area contributed by atoms with Crippen molar-refractivity contribution >= 4 is 6.21 Å². The first kappa shape index (κ1) is 8.47. The molecule has 2 heteroatoms. The predicted octanol–water partition coefficient (Wildman–Crippen LogP) is 1.77. The first-order chi connectivity index (χ1) is 4.06. The quantitative estimate of drug-likeness (QED) is 0.445. The van der Waals surface area contributed by atoms with Gasteiger partial charge in [0.05, 0.1) is 0 Å². The SMILES string of the molecule is CC/C=N\NC(C)(C)C. The molecule has 0 unspecified atom stereocenters. The lowest BCUT2D eigenvalue weighted by Crippen LogP contribution is -2.31. The van der Waals surface area contributed by atoms with Crippen molar-refractivity contribution in [3.8, 4) is 0 Å². The summed E-state index contributed by atoms with van der Waals surface area (Å²) in [6.45, 7) is 8.31. The van der Waals surface area contributed by atoms with E-state index >= 15 is 0 Å². The van der Waals surface area contributed by atoms with Gasteiger partial charge in [0.25, 0.3) is 0 Å². The Morgan fingerprint density at radius 3 is 2.33 bits per heavy atom. The second kappa shape index (κ2) is 3.49. The number of nitrogens with zero attached hydrogens (tertiary/aromatic N) is 1. The largest absolute Gasteiger partial charge is 0.305 e. The van der Waals surface area contributed by atoms with E-state index in [2.05, 4.69) is 38.2 Å². The summed E-state index contributed by atoms with van der Waals surface area (Å²) in [4.78, 5) is 0. The normalized spacial score (nSPS) is 12.4. The van der Waals surface area contributed by atoms with Gasteiger partial charge in [-0.25, -0.2) is 0 Å². The molecule has 0 atom stereocenters. The van der Waals surface area contributed by atoms with Gasteiger partial charge in [-0.05, 0) is 27.2 Å². The molecule has 0 heterocycles. The molecule has 0 saturated heterocycles. The second-order valence-electron chi connectivity index (χ2n) is 3.08. The topological polar surface area (TPSA) is 24.4 Å². The summed E-state index contributed by atoms with van der Waals surface area (Å²) >= 11 is 0. The van der Waals surface area contributed by atoms with Crippen LogP contribution in [-0.4, -0.2) is 11.8 Å². The highest BCUT2D eigenvalue weighted by molar-refractivity contribution is 5.56. The molecule has 0 rings (SSSR count). The summed E-state index contributed by atoms with van der Waals surface area (Å²) in [6, 6.07) is 0. The van der Waals surface area contributed by atoms with E-state index in [9.17, 15) is 0 Å². The lowest BCUT2D eigenvalue weighted by molar-refractivity contribution is 0.442. The lowest BCUT2D eigenvalue weighted by Gasteiger charge is -2.16. The van der Waals surface area contributed by atoms with Crippen LogP contribution in [0.15, 0.2) is 5.10 Å². The summed E-state index contributed by atoms with van der Waals surface area (Å²) in [7, 11) is 0. The molecular weight excluding hydrogens is 112 g/mol. The van der Waals surface area contributed by atoms with Gasteiger partial charge in [-0.2, -0.15) is 5.10 Å². The molecule has 0 amide bonds. The molecule has 0 radical (unpaired) electrons. The molecule has 0 saturated carbocycles. The Labute approximate surface area is 57.3 Å². The lowest BCUT2D eigenvalue weighted by atomic mass is 10.1. The molecule has 0 aliphatic rings. The predicted molar refractivity (Wildman–Crippen MR) is 41.7 cm³/mol. The van der Waals surface area contributed by atoms with Crippen molar-refractivity contribution in [2.75, 3.05) is 0 Å². The minimum atomic E-state index is 0.103. The van der Waals surface area contributed by atoms with Gasteiger partial charge in [0.2, 0.25) is 0 Å². The Balaban J connectivity index is 3.38. The third kappa shape index (κ3) is 7.47. The number of hydrogen-bond donors (Lipinski definition) is 1. The summed E-state index contributed by atoms with van der Waals surface area (Å²) in [5.74, 6) is 0. The van der Waals surface area contributed by atoms with Crippen LogP contribution in [-0.2, 0) is 0 Å². The van der Waals surface area contributed by atoms with Crippen molar-refractivity contribution in [1.82, 2.24) is 5.43 Å². The number of hydrazone groups is 1. The van der Waals surface area contributed by atoms with Gasteiger partial charge in [-0.3, -0.25) is 0 Å². The number of hydrogen-bond acceptors (Lipinski definition) is 2. The van der Waals surface area contributed by atoms with Crippen molar-refractivity contribution in [3.63, 3.8) is 0 Å². The highest BCUT2D eigenvalue weighted by Gasteiger charge is 2.04. The van der Waals surface area contributed by atoms with E-state index in [-0.39, 0.29) is 5.54 Å². The van der Waals surface area contributed by atoms with Crippen molar-refractivity contribution in [2.24, 2.45) is 5.10 Å². The summed E-state index contributed by atoms with van der Waals surface area (Å²) in [5.41, 5.74) is 3.10. The van der Waals surface area contributed by atoms with Crippen LogP contribution in [0.5, 0.6) is 0 Å². The van der Waals surface area contributed by atoms with E-state index in [0.29, 0.717) is 0 Å². The van der Waals surface area contributed by atoms with Crippen molar-refractivity contribution in [3.05, 3.63) is 0 Å². The van der Waals surface area contributed by atoms with Crippen LogP contribution in [0.1, 0.15) is 34.1 Å².